The van der Waals surface area contributed by atoms with Crippen molar-refractivity contribution in [1.29, 1.82) is 0 Å². The van der Waals surface area contributed by atoms with Crippen LogP contribution in [0.1, 0.15) is 58.3 Å². The molecule has 1 unspecified atom stereocenters. The largest absolute Gasteiger partial charge is 0.356 e. The second kappa shape index (κ2) is 11.0. The van der Waals surface area contributed by atoms with E-state index in [4.69, 9.17) is 5.73 Å². The van der Waals surface area contributed by atoms with Gasteiger partial charge in [0, 0.05) is 13.0 Å². The zero-order valence-corrected chi connectivity index (χ0v) is 14.1. The predicted octanol–water partition coefficient (Wildman–Crippen LogP) is 2.38. The summed E-state index contributed by atoms with van der Waals surface area (Å²) in [7, 11) is 2.19. The average molecular weight is 297 g/mol. The van der Waals surface area contributed by atoms with Crippen molar-refractivity contribution in [2.24, 2.45) is 17.6 Å². The van der Waals surface area contributed by atoms with E-state index in [9.17, 15) is 4.79 Å². The summed E-state index contributed by atoms with van der Waals surface area (Å²) in [6.07, 6.45) is 8.78. The minimum absolute atomic E-state index is 0.223. The van der Waals surface area contributed by atoms with Gasteiger partial charge in [0.2, 0.25) is 5.91 Å². The van der Waals surface area contributed by atoms with Gasteiger partial charge in [-0.25, -0.2) is 0 Å². The van der Waals surface area contributed by atoms with Crippen LogP contribution >= 0.6 is 0 Å². The zero-order valence-electron chi connectivity index (χ0n) is 14.1. The van der Waals surface area contributed by atoms with E-state index < -0.39 is 0 Å². The molecule has 0 aliphatic carbocycles. The van der Waals surface area contributed by atoms with Crippen molar-refractivity contribution >= 4 is 5.91 Å². The number of nitrogens with zero attached hydrogens (tertiary/aromatic N) is 1. The van der Waals surface area contributed by atoms with Crippen LogP contribution in [0, 0.1) is 11.8 Å². The fourth-order valence-corrected chi connectivity index (χ4v) is 3.27. The van der Waals surface area contributed by atoms with Crippen molar-refractivity contribution in [3.63, 3.8) is 0 Å². The van der Waals surface area contributed by atoms with Gasteiger partial charge in [-0.05, 0) is 70.6 Å². The molecule has 1 heterocycles. The number of amides is 1. The number of hydrogen-bond acceptors (Lipinski definition) is 3. The Hall–Kier alpha value is -0.610. The van der Waals surface area contributed by atoms with Gasteiger partial charge in [-0.1, -0.05) is 19.8 Å². The lowest BCUT2D eigenvalue weighted by atomic mass is 9.93. The molecule has 0 spiro atoms. The van der Waals surface area contributed by atoms with E-state index in [2.05, 4.69) is 24.2 Å². The van der Waals surface area contributed by atoms with E-state index >= 15 is 0 Å². The Labute approximate surface area is 130 Å². The van der Waals surface area contributed by atoms with Gasteiger partial charge < -0.3 is 16.0 Å². The van der Waals surface area contributed by atoms with E-state index in [0.29, 0.717) is 12.3 Å². The highest BCUT2D eigenvalue weighted by Crippen LogP contribution is 2.19. The van der Waals surface area contributed by atoms with Crippen LogP contribution in [-0.2, 0) is 4.79 Å². The van der Waals surface area contributed by atoms with Crippen molar-refractivity contribution in [3.8, 4) is 0 Å². The first kappa shape index (κ1) is 18.4. The molecule has 1 aliphatic heterocycles. The molecule has 124 valence electrons. The lowest BCUT2D eigenvalue weighted by Gasteiger charge is -2.28. The third kappa shape index (κ3) is 8.42. The van der Waals surface area contributed by atoms with E-state index in [1.807, 2.05) is 0 Å². The fourth-order valence-electron chi connectivity index (χ4n) is 3.27. The number of nitrogens with one attached hydrogen (secondary N) is 1. The topological polar surface area (TPSA) is 58.4 Å². The minimum Gasteiger partial charge on any atom is -0.356 e. The highest BCUT2D eigenvalue weighted by molar-refractivity contribution is 5.75. The Morgan fingerprint density at radius 3 is 2.62 bits per heavy atom. The molecule has 1 amide bonds. The van der Waals surface area contributed by atoms with Crippen molar-refractivity contribution in [2.45, 2.75) is 58.3 Å². The van der Waals surface area contributed by atoms with Gasteiger partial charge in [0.25, 0.3) is 0 Å². The van der Waals surface area contributed by atoms with Crippen LogP contribution in [0.5, 0.6) is 0 Å². The summed E-state index contributed by atoms with van der Waals surface area (Å²) in [6.45, 7) is 6.20. The minimum atomic E-state index is 0.223. The van der Waals surface area contributed by atoms with Gasteiger partial charge in [0.15, 0.2) is 0 Å². The fraction of sp³-hybridized carbons (Fsp3) is 0.941. The van der Waals surface area contributed by atoms with Crippen LogP contribution in [0.25, 0.3) is 0 Å². The van der Waals surface area contributed by atoms with E-state index in [-0.39, 0.29) is 5.91 Å². The lowest BCUT2D eigenvalue weighted by Crippen LogP contribution is -2.32. The van der Waals surface area contributed by atoms with Gasteiger partial charge in [-0.15, -0.1) is 0 Å². The second-order valence-corrected chi connectivity index (χ2v) is 6.66. The molecule has 1 saturated heterocycles. The Balaban J connectivity index is 2.07. The van der Waals surface area contributed by atoms with Crippen LogP contribution in [0.15, 0.2) is 0 Å². The molecular weight excluding hydrogens is 262 g/mol. The van der Waals surface area contributed by atoms with Crippen LogP contribution in [-0.4, -0.2) is 44.0 Å². The molecule has 1 aliphatic rings. The van der Waals surface area contributed by atoms with Gasteiger partial charge in [0.1, 0.15) is 0 Å². The molecule has 4 heteroatoms. The molecular formula is C17H35N3O. The van der Waals surface area contributed by atoms with Gasteiger partial charge in [-0.3, -0.25) is 4.79 Å². The summed E-state index contributed by atoms with van der Waals surface area (Å²) >= 11 is 0. The SMILES string of the molecule is CCCC(CCN)CCC(=O)NCCC1CCN(C)CC1. The van der Waals surface area contributed by atoms with Gasteiger partial charge in [-0.2, -0.15) is 0 Å². The number of piperidine rings is 1. The van der Waals surface area contributed by atoms with Crippen molar-refractivity contribution in [1.82, 2.24) is 10.2 Å². The van der Waals surface area contributed by atoms with Crippen molar-refractivity contribution < 1.29 is 4.79 Å². The molecule has 0 bridgehead atoms. The number of nitrogens with two attached hydrogens (primary N) is 1. The third-order valence-corrected chi connectivity index (χ3v) is 4.76. The van der Waals surface area contributed by atoms with E-state index in [1.54, 1.807) is 0 Å². The van der Waals surface area contributed by atoms with Crippen LogP contribution in [0.4, 0.5) is 0 Å². The molecule has 3 N–H and O–H groups in total. The smallest absolute Gasteiger partial charge is 0.220 e. The summed E-state index contributed by atoms with van der Waals surface area (Å²) in [6, 6.07) is 0. The number of carbonyl (C=O) groups excluding carboxylic acids is 1. The molecule has 21 heavy (non-hydrogen) atoms. The normalized spacial score (nSPS) is 18.6. The highest BCUT2D eigenvalue weighted by atomic mass is 16.1. The van der Waals surface area contributed by atoms with Gasteiger partial charge >= 0.3 is 0 Å². The molecule has 1 rings (SSSR count). The molecule has 0 aromatic rings. The average Bonchev–Trinajstić information content (AvgIpc) is 2.47. The summed E-state index contributed by atoms with van der Waals surface area (Å²) in [5.41, 5.74) is 5.63. The Morgan fingerprint density at radius 2 is 2.00 bits per heavy atom. The predicted molar refractivity (Wildman–Crippen MR) is 89.2 cm³/mol. The molecule has 4 nitrogen and oxygen atoms in total. The van der Waals surface area contributed by atoms with E-state index in [0.717, 1.165) is 38.3 Å². The van der Waals surface area contributed by atoms with Crippen molar-refractivity contribution in [3.05, 3.63) is 0 Å². The maximum absolute atomic E-state index is 11.9. The van der Waals surface area contributed by atoms with Crippen molar-refractivity contribution in [2.75, 3.05) is 33.2 Å². The number of likely N-dealkylation sites (tertiary alicyclic amines) is 1. The summed E-state index contributed by atoms with van der Waals surface area (Å²) in [5.74, 6) is 1.65. The maximum Gasteiger partial charge on any atom is 0.220 e. The lowest BCUT2D eigenvalue weighted by molar-refractivity contribution is -0.121. The first-order chi connectivity index (χ1) is 10.2. The quantitative estimate of drug-likeness (QED) is 0.651. The highest BCUT2D eigenvalue weighted by Gasteiger charge is 2.16. The molecule has 0 radical (unpaired) electrons. The third-order valence-electron chi connectivity index (χ3n) is 4.76. The Morgan fingerprint density at radius 1 is 1.29 bits per heavy atom. The number of carbonyl (C=O) groups is 1. The van der Waals surface area contributed by atoms with Gasteiger partial charge in [0.05, 0.1) is 0 Å². The number of rotatable bonds is 10. The summed E-state index contributed by atoms with van der Waals surface area (Å²) in [4.78, 5) is 14.3. The standard InChI is InChI=1S/C17H35N3O/c1-3-4-15(7-11-18)5-6-17(21)19-12-8-16-9-13-20(2)14-10-16/h15-16H,3-14,18H2,1-2H3,(H,19,21). The summed E-state index contributed by atoms with van der Waals surface area (Å²) in [5, 5.41) is 3.10. The van der Waals surface area contributed by atoms with Crippen LogP contribution in [0.2, 0.25) is 0 Å². The molecule has 1 atom stereocenters. The molecule has 1 fully saturated rings. The molecule has 0 aromatic carbocycles. The van der Waals surface area contributed by atoms with E-state index in [1.165, 1.54) is 38.8 Å². The first-order valence-corrected chi connectivity index (χ1v) is 8.81. The maximum atomic E-state index is 11.9. The monoisotopic (exact) mass is 297 g/mol. The number of hydrogen-bond donors (Lipinski definition) is 2. The van der Waals surface area contributed by atoms with Crippen LogP contribution in [0.3, 0.4) is 0 Å². The summed E-state index contributed by atoms with van der Waals surface area (Å²) < 4.78 is 0. The molecule has 0 aromatic heterocycles. The zero-order chi connectivity index (χ0) is 15.5. The first-order valence-electron chi connectivity index (χ1n) is 8.81. The second-order valence-electron chi connectivity index (χ2n) is 6.66. The Bertz CT molecular complexity index is 269. The molecule has 0 saturated carbocycles. The van der Waals surface area contributed by atoms with Crippen LogP contribution < -0.4 is 11.1 Å². The Kier molecular flexibility index (Phi) is 9.68.